The Morgan fingerprint density at radius 3 is 3.17 bits per heavy atom. The van der Waals surface area contributed by atoms with E-state index in [-0.39, 0.29) is 5.60 Å². The molecule has 0 amide bonds. The molecule has 0 aromatic carbocycles. The number of hydrogen-bond donors (Lipinski definition) is 1. The molecule has 0 radical (unpaired) electrons. The summed E-state index contributed by atoms with van der Waals surface area (Å²) in [5.74, 6) is 1.62. The van der Waals surface area contributed by atoms with Crippen LogP contribution in [-0.4, -0.2) is 38.3 Å². The number of nitrogens with one attached hydrogen (secondary N) is 1. The first-order chi connectivity index (χ1) is 8.68. The maximum atomic E-state index is 5.75. The topological polar surface area (TPSA) is 64.3 Å². The molecule has 6 nitrogen and oxygen atoms in total. The van der Waals surface area contributed by atoms with Gasteiger partial charge >= 0.3 is 0 Å². The van der Waals surface area contributed by atoms with E-state index in [4.69, 9.17) is 4.74 Å². The Morgan fingerprint density at radius 1 is 1.50 bits per heavy atom. The Hall–Kier alpha value is -1.69. The molecule has 6 heteroatoms. The summed E-state index contributed by atoms with van der Waals surface area (Å²) in [6.45, 7) is 5.64. The van der Waals surface area contributed by atoms with Gasteiger partial charge in [-0.3, -0.25) is 4.40 Å². The van der Waals surface area contributed by atoms with Crippen molar-refractivity contribution in [3.8, 4) is 0 Å². The number of anilines is 1. The summed E-state index contributed by atoms with van der Waals surface area (Å²) < 4.78 is 7.67. The van der Waals surface area contributed by atoms with Crippen LogP contribution in [0.2, 0.25) is 0 Å². The van der Waals surface area contributed by atoms with Crippen molar-refractivity contribution in [1.29, 1.82) is 0 Å². The number of nitrogens with zero attached hydrogens (tertiary/aromatic N) is 4. The van der Waals surface area contributed by atoms with Crippen LogP contribution < -0.4 is 5.32 Å². The summed E-state index contributed by atoms with van der Waals surface area (Å²) in [5, 5.41) is 11.5. The lowest BCUT2D eigenvalue weighted by Crippen LogP contribution is -2.32. The highest BCUT2D eigenvalue weighted by atomic mass is 16.5. The van der Waals surface area contributed by atoms with Crippen molar-refractivity contribution < 1.29 is 4.74 Å². The Bertz CT molecular complexity index is 559. The van der Waals surface area contributed by atoms with Gasteiger partial charge in [0.05, 0.1) is 5.60 Å². The highest BCUT2D eigenvalue weighted by Crippen LogP contribution is 2.25. The molecule has 0 saturated carbocycles. The molecule has 1 N–H and O–H groups in total. The van der Waals surface area contributed by atoms with Gasteiger partial charge in [-0.05, 0) is 26.7 Å². The Balaban J connectivity index is 1.82. The van der Waals surface area contributed by atoms with E-state index in [0.717, 1.165) is 43.3 Å². The SMILES string of the molecule is Cc1nnc2c(NCC3(C)CCCO3)nccn12. The van der Waals surface area contributed by atoms with Crippen LogP contribution in [0.1, 0.15) is 25.6 Å². The molecule has 2 aromatic rings. The van der Waals surface area contributed by atoms with Gasteiger partial charge in [-0.25, -0.2) is 4.98 Å². The average Bonchev–Trinajstić information content (AvgIpc) is 2.96. The molecule has 96 valence electrons. The first kappa shape index (κ1) is 11.4. The van der Waals surface area contributed by atoms with E-state index >= 15 is 0 Å². The number of aryl methyl sites for hydroxylation is 1. The summed E-state index contributed by atoms with van der Waals surface area (Å²) in [5.41, 5.74) is 0.667. The largest absolute Gasteiger partial charge is 0.373 e. The Kier molecular flexibility index (Phi) is 2.66. The average molecular weight is 247 g/mol. The van der Waals surface area contributed by atoms with Crippen LogP contribution in [0.5, 0.6) is 0 Å². The van der Waals surface area contributed by atoms with E-state index in [2.05, 4.69) is 27.4 Å². The lowest BCUT2D eigenvalue weighted by atomic mass is 10.0. The Morgan fingerprint density at radius 2 is 2.39 bits per heavy atom. The van der Waals surface area contributed by atoms with Crippen molar-refractivity contribution in [2.75, 3.05) is 18.5 Å². The van der Waals surface area contributed by atoms with E-state index in [1.807, 2.05) is 17.5 Å². The fourth-order valence-corrected chi connectivity index (χ4v) is 2.31. The van der Waals surface area contributed by atoms with Gasteiger partial charge in [0.25, 0.3) is 0 Å². The second-order valence-corrected chi connectivity index (χ2v) is 4.97. The van der Waals surface area contributed by atoms with Crippen LogP contribution in [0.4, 0.5) is 5.82 Å². The third-order valence-corrected chi connectivity index (χ3v) is 3.43. The van der Waals surface area contributed by atoms with E-state index < -0.39 is 0 Å². The van der Waals surface area contributed by atoms with Gasteiger partial charge in [0, 0.05) is 25.5 Å². The summed E-state index contributed by atoms with van der Waals surface area (Å²) in [6.07, 6.45) is 5.82. The predicted octanol–water partition coefficient (Wildman–Crippen LogP) is 1.41. The number of aromatic nitrogens is 4. The standard InChI is InChI=1S/C12H17N5O/c1-9-15-16-11-10(13-5-6-17(9)11)14-8-12(2)4-3-7-18-12/h5-6H,3-4,7-8H2,1-2H3,(H,13,14). The first-order valence-corrected chi connectivity index (χ1v) is 6.22. The minimum Gasteiger partial charge on any atom is -0.373 e. The summed E-state index contributed by atoms with van der Waals surface area (Å²) in [7, 11) is 0. The van der Waals surface area contributed by atoms with Gasteiger partial charge in [-0.2, -0.15) is 0 Å². The van der Waals surface area contributed by atoms with Crippen LogP contribution in [0, 0.1) is 6.92 Å². The number of hydrogen-bond acceptors (Lipinski definition) is 5. The molecule has 2 aromatic heterocycles. The van der Waals surface area contributed by atoms with E-state index in [1.165, 1.54) is 0 Å². The fraction of sp³-hybridized carbons (Fsp3) is 0.583. The van der Waals surface area contributed by atoms with Crippen LogP contribution in [-0.2, 0) is 4.74 Å². The molecule has 1 aliphatic rings. The highest BCUT2D eigenvalue weighted by Gasteiger charge is 2.29. The minimum absolute atomic E-state index is 0.0937. The van der Waals surface area contributed by atoms with Gasteiger partial charge in [-0.15, -0.1) is 10.2 Å². The lowest BCUT2D eigenvalue weighted by molar-refractivity contribution is 0.0315. The molecule has 1 aliphatic heterocycles. The number of fused-ring (bicyclic) bond motifs is 1. The Labute approximate surface area is 105 Å². The smallest absolute Gasteiger partial charge is 0.203 e. The minimum atomic E-state index is -0.0937. The third-order valence-electron chi connectivity index (χ3n) is 3.43. The molecule has 3 heterocycles. The van der Waals surface area contributed by atoms with Crippen LogP contribution in [0.15, 0.2) is 12.4 Å². The number of ether oxygens (including phenoxy) is 1. The van der Waals surface area contributed by atoms with Gasteiger partial charge in [0.1, 0.15) is 5.82 Å². The summed E-state index contributed by atoms with van der Waals surface area (Å²) >= 11 is 0. The predicted molar refractivity (Wildman–Crippen MR) is 67.6 cm³/mol. The molecule has 3 rings (SSSR count). The lowest BCUT2D eigenvalue weighted by Gasteiger charge is -2.23. The van der Waals surface area contributed by atoms with Gasteiger partial charge in [-0.1, -0.05) is 0 Å². The van der Waals surface area contributed by atoms with Crippen LogP contribution in [0.25, 0.3) is 5.65 Å². The highest BCUT2D eigenvalue weighted by molar-refractivity contribution is 5.62. The van der Waals surface area contributed by atoms with E-state index in [0.29, 0.717) is 0 Å². The maximum absolute atomic E-state index is 5.75. The molecule has 0 aliphatic carbocycles. The quantitative estimate of drug-likeness (QED) is 0.888. The first-order valence-electron chi connectivity index (χ1n) is 6.22. The summed E-state index contributed by atoms with van der Waals surface area (Å²) in [4.78, 5) is 4.32. The molecule has 1 saturated heterocycles. The fourth-order valence-electron chi connectivity index (χ4n) is 2.31. The normalized spacial score (nSPS) is 23.7. The molecule has 1 unspecified atom stereocenters. The molecular formula is C12H17N5O. The molecular weight excluding hydrogens is 230 g/mol. The van der Waals surface area contributed by atoms with Crippen LogP contribution >= 0.6 is 0 Å². The van der Waals surface area contributed by atoms with Crippen molar-refractivity contribution in [2.45, 2.75) is 32.3 Å². The van der Waals surface area contributed by atoms with Crippen molar-refractivity contribution in [3.63, 3.8) is 0 Å². The molecule has 1 atom stereocenters. The maximum Gasteiger partial charge on any atom is 0.203 e. The zero-order valence-electron chi connectivity index (χ0n) is 10.7. The summed E-state index contributed by atoms with van der Waals surface area (Å²) in [6, 6.07) is 0. The zero-order chi connectivity index (χ0) is 12.6. The third kappa shape index (κ3) is 1.92. The molecule has 0 spiro atoms. The molecule has 18 heavy (non-hydrogen) atoms. The monoisotopic (exact) mass is 247 g/mol. The van der Waals surface area contributed by atoms with Crippen molar-refractivity contribution >= 4 is 11.5 Å². The second kappa shape index (κ2) is 4.20. The second-order valence-electron chi connectivity index (χ2n) is 4.97. The van der Waals surface area contributed by atoms with E-state index in [1.54, 1.807) is 6.20 Å². The van der Waals surface area contributed by atoms with Crippen molar-refractivity contribution in [2.24, 2.45) is 0 Å². The van der Waals surface area contributed by atoms with Crippen LogP contribution in [0.3, 0.4) is 0 Å². The number of rotatable bonds is 3. The van der Waals surface area contributed by atoms with E-state index in [9.17, 15) is 0 Å². The van der Waals surface area contributed by atoms with Crippen molar-refractivity contribution in [3.05, 3.63) is 18.2 Å². The molecule has 1 fully saturated rings. The van der Waals surface area contributed by atoms with Gasteiger partial charge < -0.3 is 10.1 Å². The van der Waals surface area contributed by atoms with Gasteiger partial charge in [0.15, 0.2) is 5.82 Å². The zero-order valence-corrected chi connectivity index (χ0v) is 10.7. The molecule has 0 bridgehead atoms. The van der Waals surface area contributed by atoms with Gasteiger partial charge in [0.2, 0.25) is 5.65 Å². The van der Waals surface area contributed by atoms with Crippen molar-refractivity contribution in [1.82, 2.24) is 19.6 Å².